The third-order valence-corrected chi connectivity index (χ3v) is 6.86. The molecular formula is C24H24FN5O2. The molecule has 2 saturated heterocycles. The van der Waals surface area contributed by atoms with Crippen LogP contribution in [-0.4, -0.2) is 49.7 Å². The van der Waals surface area contributed by atoms with Gasteiger partial charge in [0.15, 0.2) is 0 Å². The summed E-state index contributed by atoms with van der Waals surface area (Å²) in [5, 5.41) is 22.9. The van der Waals surface area contributed by atoms with E-state index in [0.717, 1.165) is 36.9 Å². The van der Waals surface area contributed by atoms with Crippen LogP contribution in [-0.2, 0) is 0 Å². The summed E-state index contributed by atoms with van der Waals surface area (Å²) in [6, 6.07) is 7.40. The van der Waals surface area contributed by atoms with E-state index in [9.17, 15) is 5.11 Å². The Kier molecular flexibility index (Phi) is 4.68. The van der Waals surface area contributed by atoms with Gasteiger partial charge in [-0.2, -0.15) is 0 Å². The standard InChI is InChI=1S/C24H24FN5O2/c25-23-18(10-14-2-1-3-19(23)27-14)16-6-9-32-22-12-20(28-29-24(16)22)17-5-4-15(11-21(17)31)30-8-7-26-13-30/h4-8,11-14,18-19,23,27,31H,1-3,9-10H2/t14-,18+,19+,23-/m1/s1. The molecule has 164 valence electrons. The number of rotatable bonds is 3. The highest BCUT2D eigenvalue weighted by Gasteiger charge is 2.42. The number of fused-ring (bicyclic) bond motifs is 3. The van der Waals surface area contributed by atoms with Crippen molar-refractivity contribution in [2.45, 2.75) is 43.9 Å². The lowest BCUT2D eigenvalue weighted by Crippen LogP contribution is -2.55. The topological polar surface area (TPSA) is 85.1 Å². The molecule has 4 atom stereocenters. The van der Waals surface area contributed by atoms with Gasteiger partial charge in [0.25, 0.3) is 0 Å². The van der Waals surface area contributed by atoms with Crippen molar-refractivity contribution in [1.82, 2.24) is 25.1 Å². The second-order valence-electron chi connectivity index (χ2n) is 8.77. The van der Waals surface area contributed by atoms with E-state index in [1.54, 1.807) is 30.7 Å². The van der Waals surface area contributed by atoms with Gasteiger partial charge in [0.2, 0.25) is 0 Å². The van der Waals surface area contributed by atoms with E-state index >= 15 is 4.39 Å². The molecule has 32 heavy (non-hydrogen) atoms. The molecule has 0 saturated carbocycles. The maximum atomic E-state index is 15.3. The average Bonchev–Trinajstić information content (AvgIpc) is 3.36. The number of piperidine rings is 2. The van der Waals surface area contributed by atoms with Gasteiger partial charge in [0.05, 0.1) is 12.0 Å². The van der Waals surface area contributed by atoms with Crippen LogP contribution in [0.4, 0.5) is 4.39 Å². The fraction of sp³-hybridized carbons (Fsp3) is 0.375. The predicted octanol–water partition coefficient (Wildman–Crippen LogP) is 3.68. The molecule has 3 aliphatic heterocycles. The van der Waals surface area contributed by atoms with Crippen molar-refractivity contribution >= 4 is 5.57 Å². The Labute approximate surface area is 185 Å². The Bertz CT molecular complexity index is 1180. The summed E-state index contributed by atoms with van der Waals surface area (Å²) >= 11 is 0. The molecular weight excluding hydrogens is 409 g/mol. The first-order valence-corrected chi connectivity index (χ1v) is 11.1. The van der Waals surface area contributed by atoms with Crippen LogP contribution in [0.5, 0.6) is 11.5 Å². The normalized spacial score (nSPS) is 26.7. The molecule has 0 amide bonds. The van der Waals surface area contributed by atoms with E-state index < -0.39 is 6.17 Å². The molecule has 1 aromatic carbocycles. The van der Waals surface area contributed by atoms with Crippen LogP contribution in [0.2, 0.25) is 0 Å². The number of halogens is 1. The van der Waals surface area contributed by atoms with Crippen LogP contribution in [0.15, 0.2) is 49.1 Å². The third-order valence-electron chi connectivity index (χ3n) is 6.86. The van der Waals surface area contributed by atoms with Crippen LogP contribution in [0.1, 0.15) is 31.4 Å². The van der Waals surface area contributed by atoms with Crippen molar-refractivity contribution < 1.29 is 14.2 Å². The second-order valence-corrected chi connectivity index (χ2v) is 8.77. The number of nitrogens with one attached hydrogen (secondary N) is 1. The minimum Gasteiger partial charge on any atom is -0.507 e. The van der Waals surface area contributed by atoms with Crippen molar-refractivity contribution in [3.05, 3.63) is 54.8 Å². The summed E-state index contributed by atoms with van der Waals surface area (Å²) in [6.07, 6.45) is 9.99. The molecule has 2 N–H and O–H groups in total. The third kappa shape index (κ3) is 3.26. The zero-order valence-corrected chi connectivity index (χ0v) is 17.5. The van der Waals surface area contributed by atoms with E-state index in [2.05, 4.69) is 20.5 Å². The van der Waals surface area contributed by atoms with Gasteiger partial charge in [-0.1, -0.05) is 6.42 Å². The first-order chi connectivity index (χ1) is 15.7. The number of phenolic OH excluding ortho intramolecular Hbond substituents is 1. The first kappa shape index (κ1) is 19.4. The first-order valence-electron chi connectivity index (χ1n) is 11.1. The molecule has 7 nitrogen and oxygen atoms in total. The van der Waals surface area contributed by atoms with Crippen molar-refractivity contribution in [3.63, 3.8) is 0 Å². The SMILES string of the molecule is Oc1cc(-n2ccnc2)ccc1-c1cc2c(nn1)C([C@@H]1C[C@H]3CCC[C@H](N3)[C@@H]1F)=CCO2. The number of ether oxygens (including phenoxy) is 1. The Morgan fingerprint density at radius 2 is 2.12 bits per heavy atom. The van der Waals surface area contributed by atoms with Gasteiger partial charge in [-0.05, 0) is 43.0 Å². The lowest BCUT2D eigenvalue weighted by atomic mass is 9.74. The smallest absolute Gasteiger partial charge is 0.149 e. The Balaban J connectivity index is 1.31. The highest BCUT2D eigenvalue weighted by atomic mass is 19.1. The summed E-state index contributed by atoms with van der Waals surface area (Å²) in [5.74, 6) is 0.478. The lowest BCUT2D eigenvalue weighted by molar-refractivity contribution is 0.0974. The number of alkyl halides is 1. The van der Waals surface area contributed by atoms with Crippen LogP contribution in [0.25, 0.3) is 22.5 Å². The number of phenols is 1. The molecule has 2 aromatic heterocycles. The van der Waals surface area contributed by atoms with E-state index in [-0.39, 0.29) is 17.7 Å². The minimum atomic E-state index is -0.940. The van der Waals surface area contributed by atoms with Crippen LogP contribution in [0, 0.1) is 5.92 Å². The van der Waals surface area contributed by atoms with Crippen molar-refractivity contribution in [1.29, 1.82) is 0 Å². The number of imidazole rings is 1. The molecule has 3 aromatic rings. The van der Waals surface area contributed by atoms with Gasteiger partial charge in [-0.3, -0.25) is 0 Å². The number of nitrogens with zero attached hydrogens (tertiary/aromatic N) is 4. The lowest BCUT2D eigenvalue weighted by Gasteiger charge is -2.44. The maximum Gasteiger partial charge on any atom is 0.149 e. The van der Waals surface area contributed by atoms with Gasteiger partial charge in [-0.15, -0.1) is 10.2 Å². The molecule has 6 rings (SSSR count). The zero-order valence-electron chi connectivity index (χ0n) is 17.5. The van der Waals surface area contributed by atoms with E-state index in [0.29, 0.717) is 35.3 Å². The molecule has 5 heterocycles. The number of benzene rings is 1. The van der Waals surface area contributed by atoms with Crippen molar-refractivity contribution in [2.24, 2.45) is 5.92 Å². The Morgan fingerprint density at radius 3 is 2.97 bits per heavy atom. The monoisotopic (exact) mass is 433 g/mol. The van der Waals surface area contributed by atoms with Crippen molar-refractivity contribution in [2.75, 3.05) is 6.61 Å². The van der Waals surface area contributed by atoms with Crippen LogP contribution in [0.3, 0.4) is 0 Å². The minimum absolute atomic E-state index is 0.0853. The Hall–Kier alpha value is -3.26. The van der Waals surface area contributed by atoms with Gasteiger partial charge < -0.3 is 19.7 Å². The maximum absolute atomic E-state index is 15.3. The molecule has 0 aliphatic carbocycles. The fourth-order valence-corrected chi connectivity index (χ4v) is 5.28. The highest BCUT2D eigenvalue weighted by molar-refractivity contribution is 5.75. The number of aromatic hydroxyl groups is 1. The summed E-state index contributed by atoms with van der Waals surface area (Å²) < 4.78 is 23.0. The van der Waals surface area contributed by atoms with E-state index in [1.807, 2.05) is 22.9 Å². The summed E-state index contributed by atoms with van der Waals surface area (Å²) in [7, 11) is 0. The number of aromatic nitrogens is 4. The van der Waals surface area contributed by atoms with E-state index in [1.165, 1.54) is 0 Å². The van der Waals surface area contributed by atoms with Crippen LogP contribution >= 0.6 is 0 Å². The number of hydrogen-bond acceptors (Lipinski definition) is 6. The summed E-state index contributed by atoms with van der Waals surface area (Å²) in [6.45, 7) is 0.380. The molecule has 8 heteroatoms. The fourth-order valence-electron chi connectivity index (χ4n) is 5.28. The van der Waals surface area contributed by atoms with Crippen LogP contribution < -0.4 is 10.1 Å². The Morgan fingerprint density at radius 1 is 1.19 bits per heavy atom. The summed E-state index contributed by atoms with van der Waals surface area (Å²) in [5.41, 5.74) is 3.38. The summed E-state index contributed by atoms with van der Waals surface area (Å²) in [4.78, 5) is 4.03. The quantitative estimate of drug-likeness (QED) is 0.656. The molecule has 0 spiro atoms. The van der Waals surface area contributed by atoms with Gasteiger partial charge in [0, 0.05) is 48.1 Å². The highest BCUT2D eigenvalue weighted by Crippen LogP contribution is 2.43. The number of hydrogen-bond donors (Lipinski definition) is 2. The predicted molar refractivity (Wildman–Crippen MR) is 117 cm³/mol. The molecule has 0 unspecified atom stereocenters. The van der Waals surface area contributed by atoms with Gasteiger partial charge in [0.1, 0.15) is 35.7 Å². The molecule has 2 fully saturated rings. The van der Waals surface area contributed by atoms with Gasteiger partial charge >= 0.3 is 0 Å². The zero-order chi connectivity index (χ0) is 21.7. The average molecular weight is 433 g/mol. The van der Waals surface area contributed by atoms with Gasteiger partial charge in [-0.25, -0.2) is 9.37 Å². The second kappa shape index (κ2) is 7.70. The molecule has 2 bridgehead atoms. The molecule has 0 radical (unpaired) electrons. The number of allylic oxidation sites excluding steroid dienone is 1. The van der Waals surface area contributed by atoms with E-state index in [4.69, 9.17) is 4.74 Å². The molecule has 3 aliphatic rings. The largest absolute Gasteiger partial charge is 0.507 e. The van der Waals surface area contributed by atoms with Crippen molar-refractivity contribution in [3.8, 4) is 28.4 Å².